The standard InChI is InChI=1S/C29H37N3O13/c1-28(43)10-5-4-6-13(34)15(10)21(36)16-11(28)7-12-19(32(2)3)22(37)17(25(40)29(12,44)24(16)39)26(41)31-9-30-18-23(38)20(35)14(8-33)45-27(18)42/h4-6,11-12,14,18-20,23,27,30,33-36,38,40,42-44H,7-9H2,1-3H3,(H,31,41)/t11-,12+,14+,18+,19-,20+,23+,27-,28+,29-/m1/s1. The summed E-state index contributed by atoms with van der Waals surface area (Å²) >= 11 is 0. The number of fused-ring (bicyclic) bond motifs is 3. The number of Topliss-reactive ketones (excluding diaryl/α,β-unsaturated/α-hetero) is 2. The van der Waals surface area contributed by atoms with Gasteiger partial charge in [-0.25, -0.2) is 0 Å². The van der Waals surface area contributed by atoms with Gasteiger partial charge in [0, 0.05) is 17.4 Å². The highest BCUT2D eigenvalue weighted by Gasteiger charge is 2.66. The van der Waals surface area contributed by atoms with Crippen LogP contribution in [0.1, 0.15) is 24.5 Å². The van der Waals surface area contributed by atoms with Gasteiger partial charge in [0.1, 0.15) is 41.2 Å². The van der Waals surface area contributed by atoms with Gasteiger partial charge in [-0.1, -0.05) is 12.1 Å². The molecular formula is C29H37N3O13. The van der Waals surface area contributed by atoms with E-state index < -0.39 is 119 Å². The number of phenols is 1. The number of ketones is 2. The van der Waals surface area contributed by atoms with E-state index in [0.717, 1.165) is 0 Å². The number of carbonyl (C=O) groups is 3. The number of hydrogen-bond donors (Lipinski definition) is 11. The van der Waals surface area contributed by atoms with Crippen LogP contribution >= 0.6 is 0 Å². The summed E-state index contributed by atoms with van der Waals surface area (Å²) in [4.78, 5) is 42.6. The second-order valence-corrected chi connectivity index (χ2v) is 12.2. The van der Waals surface area contributed by atoms with Crippen molar-refractivity contribution >= 4 is 23.2 Å². The van der Waals surface area contributed by atoms with Crippen molar-refractivity contribution < 1.29 is 65.1 Å². The Hall–Kier alpha value is -3.45. The Morgan fingerprint density at radius 1 is 1.09 bits per heavy atom. The fraction of sp³-hybridized carbons (Fsp3) is 0.552. The molecule has 16 heteroatoms. The van der Waals surface area contributed by atoms with Crippen molar-refractivity contribution in [3.8, 4) is 5.75 Å². The average Bonchev–Trinajstić information content (AvgIpc) is 2.97. The summed E-state index contributed by atoms with van der Waals surface area (Å²) in [6, 6.07) is 1.41. The van der Waals surface area contributed by atoms with E-state index in [1.165, 1.54) is 44.1 Å². The fourth-order valence-electron chi connectivity index (χ4n) is 7.14. The zero-order valence-electron chi connectivity index (χ0n) is 24.6. The highest BCUT2D eigenvalue weighted by molar-refractivity contribution is 6.25. The molecule has 11 N–H and O–H groups in total. The van der Waals surface area contributed by atoms with E-state index in [2.05, 4.69) is 10.6 Å². The number of aliphatic hydroxyl groups is 8. The van der Waals surface area contributed by atoms with Gasteiger partial charge in [-0.05, 0) is 39.1 Å². The van der Waals surface area contributed by atoms with Crippen LogP contribution in [-0.4, -0.2) is 138 Å². The number of hydrogen-bond acceptors (Lipinski definition) is 15. The molecule has 0 radical (unpaired) electrons. The first-order chi connectivity index (χ1) is 21.0. The third-order valence-electron chi connectivity index (χ3n) is 9.49. The average molecular weight is 636 g/mol. The van der Waals surface area contributed by atoms with Crippen molar-refractivity contribution in [3.63, 3.8) is 0 Å². The van der Waals surface area contributed by atoms with Crippen LogP contribution in [-0.2, 0) is 24.7 Å². The third-order valence-corrected chi connectivity index (χ3v) is 9.49. The fourth-order valence-corrected chi connectivity index (χ4v) is 7.14. The molecule has 1 aromatic carbocycles. The molecule has 0 bridgehead atoms. The van der Waals surface area contributed by atoms with Crippen LogP contribution in [0.3, 0.4) is 0 Å². The summed E-state index contributed by atoms with van der Waals surface area (Å²) in [5.74, 6) is -8.49. The van der Waals surface area contributed by atoms with Gasteiger partial charge in [0.2, 0.25) is 5.78 Å². The van der Waals surface area contributed by atoms with E-state index in [4.69, 9.17) is 4.74 Å². The van der Waals surface area contributed by atoms with Crippen molar-refractivity contribution in [2.75, 3.05) is 27.4 Å². The van der Waals surface area contributed by atoms with E-state index in [0.29, 0.717) is 0 Å². The molecule has 1 saturated carbocycles. The number of phenolic OH excluding ortho intramolecular Hbond substituents is 1. The number of likely N-dealkylation sites (N-methyl/N-ethyl adjacent to an activating group) is 1. The number of rotatable bonds is 6. The van der Waals surface area contributed by atoms with E-state index in [9.17, 15) is 60.3 Å². The third kappa shape index (κ3) is 4.76. The monoisotopic (exact) mass is 635 g/mol. The van der Waals surface area contributed by atoms with Crippen LogP contribution in [0.15, 0.2) is 35.1 Å². The maximum atomic E-state index is 14.1. The summed E-state index contributed by atoms with van der Waals surface area (Å²) in [5.41, 5.74) is -6.35. The first-order valence-electron chi connectivity index (χ1n) is 14.2. The van der Waals surface area contributed by atoms with Gasteiger partial charge in [0.25, 0.3) is 5.91 Å². The molecule has 0 spiro atoms. The summed E-state index contributed by atoms with van der Waals surface area (Å²) in [5, 5.41) is 101. The number of aromatic hydroxyl groups is 1. The van der Waals surface area contributed by atoms with E-state index >= 15 is 0 Å². The number of amides is 1. The topological polar surface area (TPSA) is 270 Å². The van der Waals surface area contributed by atoms with Crippen molar-refractivity contribution in [2.45, 2.75) is 61.2 Å². The minimum Gasteiger partial charge on any atom is -0.508 e. The van der Waals surface area contributed by atoms with Crippen molar-refractivity contribution in [1.82, 2.24) is 15.5 Å². The maximum Gasteiger partial charge on any atom is 0.259 e. The highest BCUT2D eigenvalue weighted by atomic mass is 16.6. The molecule has 1 heterocycles. The SMILES string of the molecule is CN(C)[C@H]1C(=O)C(C(=O)NCN[C@H]2[C@H](O)[C@@H](O)[C@H](CO)O[C@H]2O)=C(O)[C@]2(O)C(=O)C3=C(O)c4c(O)cccc4[C@](C)(O)[C@@H]3C[C@@H]12. The molecule has 1 amide bonds. The lowest BCUT2D eigenvalue weighted by Gasteiger charge is -2.53. The Morgan fingerprint density at radius 2 is 1.76 bits per heavy atom. The number of nitrogens with zero attached hydrogens (tertiary/aromatic N) is 1. The molecule has 0 aromatic heterocycles. The molecule has 246 valence electrons. The van der Waals surface area contributed by atoms with Gasteiger partial charge in [-0.3, -0.25) is 24.6 Å². The lowest BCUT2D eigenvalue weighted by Crippen LogP contribution is -2.67. The predicted octanol–water partition coefficient (Wildman–Crippen LogP) is -3.39. The molecule has 0 unspecified atom stereocenters. The number of nitrogens with one attached hydrogen (secondary N) is 2. The Bertz CT molecular complexity index is 1490. The first-order valence-corrected chi connectivity index (χ1v) is 14.2. The minimum atomic E-state index is -2.91. The van der Waals surface area contributed by atoms with Gasteiger partial charge >= 0.3 is 0 Å². The molecule has 10 atom stereocenters. The highest BCUT2D eigenvalue weighted by Crippen LogP contribution is 2.57. The van der Waals surface area contributed by atoms with Gasteiger partial charge in [0.05, 0.1) is 36.5 Å². The molecule has 45 heavy (non-hydrogen) atoms. The van der Waals surface area contributed by atoms with Crippen molar-refractivity contribution in [3.05, 3.63) is 46.2 Å². The quantitative estimate of drug-likeness (QED) is 0.107. The van der Waals surface area contributed by atoms with E-state index in [1.54, 1.807) is 0 Å². The lowest BCUT2D eigenvalue weighted by molar-refractivity contribution is -0.254. The van der Waals surface area contributed by atoms with Crippen LogP contribution in [0.2, 0.25) is 0 Å². The maximum absolute atomic E-state index is 14.1. The van der Waals surface area contributed by atoms with Crippen LogP contribution < -0.4 is 10.6 Å². The van der Waals surface area contributed by atoms with Crippen molar-refractivity contribution in [1.29, 1.82) is 0 Å². The molecule has 1 aliphatic heterocycles. The second kappa shape index (κ2) is 11.4. The molecular weight excluding hydrogens is 598 g/mol. The molecule has 1 saturated heterocycles. The Labute approximate surface area is 256 Å². The lowest BCUT2D eigenvalue weighted by atomic mass is 9.54. The Balaban J connectivity index is 1.50. The largest absolute Gasteiger partial charge is 0.508 e. The zero-order valence-corrected chi connectivity index (χ0v) is 24.6. The van der Waals surface area contributed by atoms with Crippen molar-refractivity contribution in [2.24, 2.45) is 11.8 Å². The summed E-state index contributed by atoms with van der Waals surface area (Å²) in [6.45, 7) is 0.104. The van der Waals surface area contributed by atoms with Crippen LogP contribution in [0.4, 0.5) is 0 Å². The Kier molecular flexibility index (Phi) is 8.35. The number of ether oxygens (including phenoxy) is 1. The summed E-state index contributed by atoms with van der Waals surface area (Å²) in [6.07, 6.45) is -6.52. The first kappa shape index (κ1) is 32.9. The van der Waals surface area contributed by atoms with Gasteiger partial charge in [0.15, 0.2) is 17.7 Å². The number of benzene rings is 1. The van der Waals surface area contributed by atoms with Crippen LogP contribution in [0.5, 0.6) is 5.75 Å². The molecule has 5 rings (SSSR count). The Morgan fingerprint density at radius 3 is 2.38 bits per heavy atom. The number of aliphatic hydroxyl groups excluding tert-OH is 6. The summed E-state index contributed by atoms with van der Waals surface area (Å²) in [7, 11) is 2.91. The smallest absolute Gasteiger partial charge is 0.259 e. The normalized spacial score (nSPS) is 38.2. The van der Waals surface area contributed by atoms with Crippen LogP contribution in [0.25, 0.3) is 5.76 Å². The van der Waals surface area contributed by atoms with Gasteiger partial charge < -0.3 is 56.0 Å². The molecule has 16 nitrogen and oxygen atoms in total. The van der Waals surface area contributed by atoms with Gasteiger partial charge in [-0.2, -0.15) is 0 Å². The van der Waals surface area contributed by atoms with E-state index in [1.807, 2.05) is 0 Å². The number of carbonyl (C=O) groups excluding carboxylic acids is 3. The van der Waals surface area contributed by atoms with Gasteiger partial charge in [-0.15, -0.1) is 0 Å². The van der Waals surface area contributed by atoms with Crippen LogP contribution in [0, 0.1) is 11.8 Å². The summed E-state index contributed by atoms with van der Waals surface area (Å²) < 4.78 is 5.04. The molecule has 2 fully saturated rings. The minimum absolute atomic E-state index is 0.112. The molecule has 3 aliphatic carbocycles. The molecule has 4 aliphatic rings. The zero-order chi connectivity index (χ0) is 33.3. The molecule has 1 aromatic rings. The van der Waals surface area contributed by atoms with E-state index in [-0.39, 0.29) is 17.5 Å². The second-order valence-electron chi connectivity index (χ2n) is 12.2. The predicted molar refractivity (Wildman–Crippen MR) is 151 cm³/mol.